The number of hydrogen-bond donors (Lipinski definition) is 0. The highest BCUT2D eigenvalue weighted by atomic mass is 16.5. The second kappa shape index (κ2) is 7.51. The molecule has 1 aliphatic rings. The van der Waals surface area contributed by atoms with Crippen LogP contribution in [0.15, 0.2) is 48.5 Å². The topological polar surface area (TPSA) is 15.7 Å². The van der Waals surface area contributed by atoms with E-state index in [0.717, 1.165) is 31.1 Å². The number of benzene rings is 2. The summed E-state index contributed by atoms with van der Waals surface area (Å²) >= 11 is 0. The second-order valence-corrected chi connectivity index (χ2v) is 6.49. The molecule has 122 valence electrons. The molecule has 3 nitrogen and oxygen atoms in total. The van der Waals surface area contributed by atoms with E-state index in [0.29, 0.717) is 0 Å². The SMILES string of the molecule is CN(C)Cc1ccc(N2CCCCC2)cc1Oc1ccccc1. The van der Waals surface area contributed by atoms with Crippen LogP contribution in [0.25, 0.3) is 0 Å². The molecule has 1 aliphatic heterocycles. The fourth-order valence-electron chi connectivity index (χ4n) is 3.07. The van der Waals surface area contributed by atoms with Gasteiger partial charge in [0.2, 0.25) is 0 Å². The van der Waals surface area contributed by atoms with Crippen molar-refractivity contribution in [2.24, 2.45) is 0 Å². The van der Waals surface area contributed by atoms with Crippen molar-refractivity contribution in [1.29, 1.82) is 0 Å². The van der Waals surface area contributed by atoms with E-state index < -0.39 is 0 Å². The first-order valence-electron chi connectivity index (χ1n) is 8.48. The minimum Gasteiger partial charge on any atom is -0.457 e. The highest BCUT2D eigenvalue weighted by molar-refractivity contribution is 5.55. The van der Waals surface area contributed by atoms with Crippen LogP contribution in [0, 0.1) is 0 Å². The third-order valence-electron chi connectivity index (χ3n) is 4.23. The van der Waals surface area contributed by atoms with Crippen LogP contribution in [0.2, 0.25) is 0 Å². The zero-order chi connectivity index (χ0) is 16.1. The van der Waals surface area contributed by atoms with Crippen molar-refractivity contribution in [3.05, 3.63) is 54.1 Å². The Morgan fingerprint density at radius 3 is 2.39 bits per heavy atom. The van der Waals surface area contributed by atoms with Crippen LogP contribution in [0.4, 0.5) is 5.69 Å². The summed E-state index contributed by atoms with van der Waals surface area (Å²) < 4.78 is 6.19. The molecule has 0 bridgehead atoms. The van der Waals surface area contributed by atoms with Crippen LogP contribution in [-0.2, 0) is 6.54 Å². The first kappa shape index (κ1) is 15.9. The summed E-state index contributed by atoms with van der Waals surface area (Å²) in [5.41, 5.74) is 2.50. The predicted molar refractivity (Wildman–Crippen MR) is 96.4 cm³/mol. The molecule has 0 saturated carbocycles. The lowest BCUT2D eigenvalue weighted by molar-refractivity contribution is 0.388. The number of piperidine rings is 1. The molecular formula is C20H26N2O. The van der Waals surface area contributed by atoms with Crippen molar-refractivity contribution in [3.63, 3.8) is 0 Å². The molecule has 1 heterocycles. The van der Waals surface area contributed by atoms with E-state index in [4.69, 9.17) is 4.74 Å². The Labute approximate surface area is 139 Å². The minimum atomic E-state index is 0.877. The van der Waals surface area contributed by atoms with Crippen LogP contribution in [0.5, 0.6) is 11.5 Å². The van der Waals surface area contributed by atoms with Crippen LogP contribution >= 0.6 is 0 Å². The summed E-state index contributed by atoms with van der Waals surface area (Å²) in [6.07, 6.45) is 3.92. The third-order valence-corrected chi connectivity index (χ3v) is 4.23. The number of ether oxygens (including phenoxy) is 1. The van der Waals surface area contributed by atoms with Gasteiger partial charge in [0.25, 0.3) is 0 Å². The molecule has 0 aromatic heterocycles. The highest BCUT2D eigenvalue weighted by Crippen LogP contribution is 2.31. The first-order valence-corrected chi connectivity index (χ1v) is 8.48. The minimum absolute atomic E-state index is 0.877. The number of anilines is 1. The van der Waals surface area contributed by atoms with Crippen molar-refractivity contribution in [3.8, 4) is 11.5 Å². The number of rotatable bonds is 5. The molecule has 0 radical (unpaired) electrons. The zero-order valence-electron chi connectivity index (χ0n) is 14.2. The lowest BCUT2D eigenvalue weighted by Crippen LogP contribution is -2.29. The average molecular weight is 310 g/mol. The molecule has 0 aliphatic carbocycles. The van der Waals surface area contributed by atoms with E-state index in [2.05, 4.69) is 42.1 Å². The van der Waals surface area contributed by atoms with Gasteiger partial charge >= 0.3 is 0 Å². The maximum atomic E-state index is 6.19. The molecule has 23 heavy (non-hydrogen) atoms. The molecule has 1 fully saturated rings. The van der Waals surface area contributed by atoms with E-state index in [9.17, 15) is 0 Å². The van der Waals surface area contributed by atoms with Crippen molar-refractivity contribution in [2.45, 2.75) is 25.8 Å². The maximum Gasteiger partial charge on any atom is 0.133 e. The summed E-state index contributed by atoms with van der Waals surface area (Å²) in [5.74, 6) is 1.86. The van der Waals surface area contributed by atoms with E-state index in [1.165, 1.54) is 30.5 Å². The Hall–Kier alpha value is -2.00. The quantitative estimate of drug-likeness (QED) is 0.807. The molecule has 0 N–H and O–H groups in total. The van der Waals surface area contributed by atoms with Gasteiger partial charge in [0.15, 0.2) is 0 Å². The average Bonchev–Trinajstić information content (AvgIpc) is 2.58. The van der Waals surface area contributed by atoms with Gasteiger partial charge < -0.3 is 14.5 Å². The van der Waals surface area contributed by atoms with E-state index in [1.807, 2.05) is 30.3 Å². The Morgan fingerprint density at radius 1 is 0.957 bits per heavy atom. The van der Waals surface area contributed by atoms with Gasteiger partial charge in [0.1, 0.15) is 11.5 Å². The molecule has 0 amide bonds. The first-order chi connectivity index (χ1) is 11.2. The van der Waals surface area contributed by atoms with E-state index in [1.54, 1.807) is 0 Å². The Balaban J connectivity index is 1.88. The molecule has 2 aromatic carbocycles. The molecule has 0 atom stereocenters. The number of hydrogen-bond acceptors (Lipinski definition) is 3. The molecular weight excluding hydrogens is 284 g/mol. The van der Waals surface area contributed by atoms with Crippen LogP contribution in [-0.4, -0.2) is 32.1 Å². The standard InChI is InChI=1S/C20H26N2O/c1-21(2)16-17-11-12-18(22-13-7-4-8-14-22)15-20(17)23-19-9-5-3-6-10-19/h3,5-6,9-12,15H,4,7-8,13-14,16H2,1-2H3. The van der Waals surface area contributed by atoms with Gasteiger partial charge in [-0.25, -0.2) is 0 Å². The fourth-order valence-corrected chi connectivity index (χ4v) is 3.07. The summed E-state index contributed by atoms with van der Waals surface area (Å²) in [6.45, 7) is 3.18. The Kier molecular flexibility index (Phi) is 5.19. The van der Waals surface area contributed by atoms with Crippen molar-refractivity contribution in [2.75, 3.05) is 32.1 Å². The van der Waals surface area contributed by atoms with Gasteiger partial charge in [-0.05, 0) is 51.6 Å². The van der Waals surface area contributed by atoms with Crippen molar-refractivity contribution in [1.82, 2.24) is 4.90 Å². The summed E-state index contributed by atoms with van der Waals surface area (Å²) in [7, 11) is 4.18. The molecule has 2 aromatic rings. The smallest absolute Gasteiger partial charge is 0.133 e. The maximum absolute atomic E-state index is 6.19. The summed E-state index contributed by atoms with van der Waals surface area (Å²) in [4.78, 5) is 4.65. The van der Waals surface area contributed by atoms with Gasteiger partial charge in [-0.1, -0.05) is 24.3 Å². The predicted octanol–water partition coefficient (Wildman–Crippen LogP) is 4.53. The monoisotopic (exact) mass is 310 g/mol. The summed E-state index contributed by atoms with van der Waals surface area (Å²) in [5, 5.41) is 0. The lowest BCUT2D eigenvalue weighted by Gasteiger charge is -2.29. The second-order valence-electron chi connectivity index (χ2n) is 6.49. The van der Waals surface area contributed by atoms with Gasteiger partial charge in [0.05, 0.1) is 0 Å². The van der Waals surface area contributed by atoms with Crippen LogP contribution in [0.1, 0.15) is 24.8 Å². The van der Waals surface area contributed by atoms with Gasteiger partial charge in [0, 0.05) is 37.0 Å². The number of nitrogens with zero attached hydrogens (tertiary/aromatic N) is 2. The number of para-hydroxylation sites is 1. The Bertz CT molecular complexity index is 619. The van der Waals surface area contributed by atoms with Crippen LogP contribution < -0.4 is 9.64 Å². The largest absolute Gasteiger partial charge is 0.457 e. The van der Waals surface area contributed by atoms with Crippen LogP contribution in [0.3, 0.4) is 0 Å². The van der Waals surface area contributed by atoms with Gasteiger partial charge in [-0.2, -0.15) is 0 Å². The third kappa shape index (κ3) is 4.26. The molecule has 3 rings (SSSR count). The fraction of sp³-hybridized carbons (Fsp3) is 0.400. The zero-order valence-corrected chi connectivity index (χ0v) is 14.2. The van der Waals surface area contributed by atoms with E-state index in [-0.39, 0.29) is 0 Å². The molecule has 3 heteroatoms. The van der Waals surface area contributed by atoms with Crippen molar-refractivity contribution < 1.29 is 4.74 Å². The van der Waals surface area contributed by atoms with Gasteiger partial charge in [-0.3, -0.25) is 0 Å². The van der Waals surface area contributed by atoms with Crippen molar-refractivity contribution >= 4 is 5.69 Å². The van der Waals surface area contributed by atoms with E-state index >= 15 is 0 Å². The Morgan fingerprint density at radius 2 is 1.70 bits per heavy atom. The highest BCUT2D eigenvalue weighted by Gasteiger charge is 2.14. The normalized spacial score (nSPS) is 15.0. The molecule has 1 saturated heterocycles. The lowest BCUT2D eigenvalue weighted by atomic mass is 10.1. The summed E-state index contributed by atoms with van der Waals surface area (Å²) in [6, 6.07) is 16.7. The molecule has 0 unspecified atom stereocenters. The molecule has 0 spiro atoms. The van der Waals surface area contributed by atoms with Gasteiger partial charge in [-0.15, -0.1) is 0 Å².